The smallest absolute Gasteiger partial charge is 0.229 e. The molecule has 1 saturated heterocycles. The van der Waals surface area contributed by atoms with E-state index in [1.54, 1.807) is 12.3 Å². The number of halogens is 2. The average Bonchev–Trinajstić information content (AvgIpc) is 2.70. The van der Waals surface area contributed by atoms with E-state index in [0.29, 0.717) is 23.3 Å². The highest BCUT2D eigenvalue weighted by molar-refractivity contribution is 9.10. The number of aromatic nitrogens is 1. The molecule has 1 amide bonds. The number of pyridine rings is 1. The number of carbonyl (C=O) groups is 1. The van der Waals surface area contributed by atoms with E-state index in [0.717, 1.165) is 11.0 Å². The maximum atomic E-state index is 12.0. The summed E-state index contributed by atoms with van der Waals surface area (Å²) in [6, 6.07) is 1.75. The van der Waals surface area contributed by atoms with E-state index in [4.69, 9.17) is 11.6 Å². The van der Waals surface area contributed by atoms with E-state index in [2.05, 4.69) is 38.5 Å². The Labute approximate surface area is 113 Å². The molecule has 0 aromatic carbocycles. The van der Waals surface area contributed by atoms with Gasteiger partial charge in [0, 0.05) is 17.2 Å². The Balaban J connectivity index is 2.10. The molecule has 0 saturated carbocycles. The van der Waals surface area contributed by atoms with E-state index in [1.807, 2.05) is 0 Å². The van der Waals surface area contributed by atoms with Gasteiger partial charge in [0.2, 0.25) is 5.91 Å². The Bertz CT molecular complexity index is 441. The molecule has 1 aliphatic heterocycles. The van der Waals surface area contributed by atoms with E-state index in [9.17, 15) is 4.79 Å². The predicted octanol–water partition coefficient (Wildman–Crippen LogP) is 2.29. The number of hydrogen-bond acceptors (Lipinski definition) is 3. The fraction of sp³-hybridized carbons (Fsp3) is 0.455. The quantitative estimate of drug-likeness (QED) is 0.823. The Hall–Kier alpha value is -0.650. The molecule has 2 N–H and O–H groups in total. The molecule has 4 nitrogen and oxygen atoms in total. The molecule has 1 aromatic rings. The monoisotopic (exact) mass is 317 g/mol. The van der Waals surface area contributed by atoms with Crippen molar-refractivity contribution in [1.82, 2.24) is 10.3 Å². The molecule has 0 aliphatic carbocycles. The summed E-state index contributed by atoms with van der Waals surface area (Å²) >= 11 is 9.22. The van der Waals surface area contributed by atoms with Gasteiger partial charge in [-0.15, -0.1) is 0 Å². The summed E-state index contributed by atoms with van der Waals surface area (Å²) in [6.07, 6.45) is 1.59. The topological polar surface area (TPSA) is 54.0 Å². The lowest BCUT2D eigenvalue weighted by Crippen LogP contribution is -2.28. The molecule has 6 heteroatoms. The van der Waals surface area contributed by atoms with Gasteiger partial charge in [-0.2, -0.15) is 0 Å². The van der Waals surface area contributed by atoms with Crippen LogP contribution in [-0.2, 0) is 4.79 Å². The Kier molecular flexibility index (Phi) is 4.01. The minimum atomic E-state index is -0.00991. The maximum absolute atomic E-state index is 12.0. The van der Waals surface area contributed by atoms with Gasteiger partial charge in [-0.25, -0.2) is 4.98 Å². The lowest BCUT2D eigenvalue weighted by Gasteiger charge is -2.14. The fourth-order valence-corrected chi connectivity index (χ4v) is 2.38. The van der Waals surface area contributed by atoms with Crippen LogP contribution in [-0.4, -0.2) is 24.0 Å². The van der Waals surface area contributed by atoms with Crippen LogP contribution in [0.25, 0.3) is 0 Å². The molecule has 0 radical (unpaired) electrons. The molecule has 1 aliphatic rings. The van der Waals surface area contributed by atoms with Crippen molar-refractivity contribution in [3.63, 3.8) is 0 Å². The van der Waals surface area contributed by atoms with Gasteiger partial charge in [0.05, 0.1) is 11.6 Å². The van der Waals surface area contributed by atoms with Crippen molar-refractivity contribution in [2.45, 2.75) is 6.92 Å². The number of nitrogens with zero attached hydrogens (tertiary/aromatic N) is 1. The second-order valence-electron chi connectivity index (χ2n) is 4.22. The molecule has 1 aromatic heterocycles. The molecule has 92 valence electrons. The molecule has 2 heterocycles. The Morgan fingerprint density at radius 2 is 2.41 bits per heavy atom. The van der Waals surface area contributed by atoms with Crippen molar-refractivity contribution >= 4 is 39.1 Å². The summed E-state index contributed by atoms with van der Waals surface area (Å²) in [4.78, 5) is 16.0. The number of nitrogens with one attached hydrogen (secondary N) is 2. The van der Waals surface area contributed by atoms with E-state index in [1.165, 1.54) is 0 Å². The summed E-state index contributed by atoms with van der Waals surface area (Å²) in [5.74, 6) is 0.322. The molecule has 17 heavy (non-hydrogen) atoms. The van der Waals surface area contributed by atoms with Crippen LogP contribution in [0.5, 0.6) is 0 Å². The highest BCUT2D eigenvalue weighted by Crippen LogP contribution is 2.25. The van der Waals surface area contributed by atoms with Crippen LogP contribution in [0.3, 0.4) is 0 Å². The normalized spacial score (nSPS) is 23.7. The first-order chi connectivity index (χ1) is 8.08. The second-order valence-corrected chi connectivity index (χ2v) is 5.50. The van der Waals surface area contributed by atoms with Crippen LogP contribution in [0.2, 0.25) is 5.15 Å². The van der Waals surface area contributed by atoms with Crippen molar-refractivity contribution in [2.24, 2.45) is 11.8 Å². The van der Waals surface area contributed by atoms with Gasteiger partial charge in [-0.05, 0) is 34.5 Å². The molecular formula is C11H13BrClN3O. The number of carbonyl (C=O) groups excluding carboxylic acids is 1. The third-order valence-electron chi connectivity index (χ3n) is 2.92. The van der Waals surface area contributed by atoms with Gasteiger partial charge >= 0.3 is 0 Å². The lowest BCUT2D eigenvalue weighted by molar-refractivity contribution is -0.120. The van der Waals surface area contributed by atoms with Gasteiger partial charge in [-0.3, -0.25) is 4.79 Å². The lowest BCUT2D eigenvalue weighted by atomic mass is 9.97. The molecule has 0 spiro atoms. The van der Waals surface area contributed by atoms with Crippen LogP contribution in [0.1, 0.15) is 6.92 Å². The average molecular weight is 319 g/mol. The first kappa shape index (κ1) is 12.8. The minimum absolute atomic E-state index is 0.00921. The zero-order chi connectivity index (χ0) is 12.4. The largest absolute Gasteiger partial charge is 0.323 e. The van der Waals surface area contributed by atoms with Crippen molar-refractivity contribution in [1.29, 1.82) is 0 Å². The van der Waals surface area contributed by atoms with Crippen LogP contribution in [0.15, 0.2) is 16.7 Å². The third-order valence-corrected chi connectivity index (χ3v) is 3.65. The predicted molar refractivity (Wildman–Crippen MR) is 71.1 cm³/mol. The first-order valence-corrected chi connectivity index (χ1v) is 6.57. The first-order valence-electron chi connectivity index (χ1n) is 5.40. The van der Waals surface area contributed by atoms with Crippen molar-refractivity contribution < 1.29 is 4.79 Å². The SMILES string of the molecule is CC1CNCC1C(=O)Nc1cc(Br)cnc1Cl. The highest BCUT2D eigenvalue weighted by atomic mass is 79.9. The third kappa shape index (κ3) is 2.97. The van der Waals surface area contributed by atoms with Crippen molar-refractivity contribution in [3.8, 4) is 0 Å². The van der Waals surface area contributed by atoms with Crippen LogP contribution < -0.4 is 10.6 Å². The van der Waals surface area contributed by atoms with Crippen LogP contribution in [0.4, 0.5) is 5.69 Å². The van der Waals surface area contributed by atoms with Gasteiger partial charge in [0.1, 0.15) is 0 Å². The summed E-state index contributed by atoms with van der Waals surface area (Å²) in [6.45, 7) is 3.65. The van der Waals surface area contributed by atoms with Crippen LogP contribution in [0, 0.1) is 11.8 Å². The van der Waals surface area contributed by atoms with E-state index >= 15 is 0 Å². The summed E-state index contributed by atoms with van der Waals surface area (Å²) in [5, 5.41) is 6.32. The molecule has 2 rings (SSSR count). The molecule has 1 fully saturated rings. The molecular weight excluding hydrogens is 305 g/mol. The van der Waals surface area contributed by atoms with Gasteiger partial charge in [0.15, 0.2) is 5.15 Å². The summed E-state index contributed by atoms with van der Waals surface area (Å²) in [7, 11) is 0. The second kappa shape index (κ2) is 5.33. The zero-order valence-electron chi connectivity index (χ0n) is 9.34. The molecule has 2 atom stereocenters. The Morgan fingerprint density at radius 3 is 3.06 bits per heavy atom. The van der Waals surface area contributed by atoms with Gasteiger partial charge in [-0.1, -0.05) is 18.5 Å². The summed E-state index contributed by atoms with van der Waals surface area (Å²) < 4.78 is 0.787. The number of amides is 1. The standard InChI is InChI=1S/C11H13BrClN3O/c1-6-3-14-5-8(6)11(17)16-9-2-7(12)4-15-10(9)13/h2,4,6,8,14H,3,5H2,1H3,(H,16,17). The number of hydrogen-bond donors (Lipinski definition) is 2. The van der Waals surface area contributed by atoms with E-state index < -0.39 is 0 Å². The van der Waals surface area contributed by atoms with Crippen molar-refractivity contribution in [3.05, 3.63) is 21.9 Å². The minimum Gasteiger partial charge on any atom is -0.323 e. The number of anilines is 1. The zero-order valence-corrected chi connectivity index (χ0v) is 11.7. The number of rotatable bonds is 2. The maximum Gasteiger partial charge on any atom is 0.229 e. The highest BCUT2D eigenvalue weighted by Gasteiger charge is 2.29. The molecule has 2 unspecified atom stereocenters. The summed E-state index contributed by atoms with van der Waals surface area (Å²) in [5.41, 5.74) is 0.546. The fourth-order valence-electron chi connectivity index (χ4n) is 1.90. The van der Waals surface area contributed by atoms with Gasteiger partial charge < -0.3 is 10.6 Å². The van der Waals surface area contributed by atoms with Crippen LogP contribution >= 0.6 is 27.5 Å². The van der Waals surface area contributed by atoms with E-state index in [-0.39, 0.29) is 11.8 Å². The molecule has 0 bridgehead atoms. The van der Waals surface area contributed by atoms with Gasteiger partial charge in [0.25, 0.3) is 0 Å². The van der Waals surface area contributed by atoms with Crippen molar-refractivity contribution in [2.75, 3.05) is 18.4 Å². The Morgan fingerprint density at radius 1 is 1.65 bits per heavy atom.